The number of likely N-dealkylation sites (N-methyl/N-ethyl adjacent to an activating group) is 1. The molecule has 2 unspecified atom stereocenters. The molecule has 100 valence electrons. The Morgan fingerprint density at radius 1 is 1.22 bits per heavy atom. The molecular weight excluding hydrogens is 226 g/mol. The standard InChI is InChI=1S/C15H23NO2/c1-11(2)12(3)16(5)15(4,14(17)18)13-9-7-6-8-10-13/h6-12H,1-5H3,(H,17,18). The van der Waals surface area contributed by atoms with Crippen LogP contribution in [-0.2, 0) is 10.3 Å². The van der Waals surface area contributed by atoms with Crippen molar-refractivity contribution in [2.24, 2.45) is 5.92 Å². The molecule has 1 N–H and O–H groups in total. The summed E-state index contributed by atoms with van der Waals surface area (Å²) in [5.74, 6) is -0.416. The van der Waals surface area contributed by atoms with Gasteiger partial charge in [0.15, 0.2) is 0 Å². The maximum Gasteiger partial charge on any atom is 0.328 e. The zero-order valence-corrected chi connectivity index (χ0v) is 11.8. The van der Waals surface area contributed by atoms with Crippen molar-refractivity contribution in [1.29, 1.82) is 0 Å². The molecule has 0 fully saturated rings. The number of nitrogens with zero attached hydrogens (tertiary/aromatic N) is 1. The SMILES string of the molecule is CC(C)C(C)N(C)C(C)(C(=O)O)c1ccccc1. The van der Waals surface area contributed by atoms with Crippen LogP contribution in [0.4, 0.5) is 0 Å². The van der Waals surface area contributed by atoms with E-state index in [-0.39, 0.29) is 6.04 Å². The first-order valence-electron chi connectivity index (χ1n) is 6.33. The minimum Gasteiger partial charge on any atom is -0.480 e. The molecule has 0 aliphatic heterocycles. The van der Waals surface area contributed by atoms with E-state index in [2.05, 4.69) is 20.8 Å². The average molecular weight is 249 g/mol. The number of carboxylic acid groups (broad SMARTS) is 1. The first kappa shape index (κ1) is 14.7. The van der Waals surface area contributed by atoms with Crippen LogP contribution in [0.5, 0.6) is 0 Å². The van der Waals surface area contributed by atoms with Gasteiger partial charge in [-0.15, -0.1) is 0 Å². The van der Waals surface area contributed by atoms with Gasteiger partial charge in [0.1, 0.15) is 5.54 Å². The molecule has 0 spiro atoms. The van der Waals surface area contributed by atoms with Crippen LogP contribution in [0.15, 0.2) is 30.3 Å². The van der Waals surface area contributed by atoms with E-state index in [4.69, 9.17) is 0 Å². The molecule has 1 aromatic rings. The summed E-state index contributed by atoms with van der Waals surface area (Å²) in [7, 11) is 1.88. The van der Waals surface area contributed by atoms with Gasteiger partial charge in [0.25, 0.3) is 0 Å². The largest absolute Gasteiger partial charge is 0.480 e. The zero-order chi connectivity index (χ0) is 13.9. The van der Waals surface area contributed by atoms with Gasteiger partial charge in [-0.3, -0.25) is 4.90 Å². The summed E-state index contributed by atoms with van der Waals surface area (Å²) < 4.78 is 0. The van der Waals surface area contributed by atoms with E-state index < -0.39 is 11.5 Å². The zero-order valence-electron chi connectivity index (χ0n) is 11.8. The number of benzene rings is 1. The highest BCUT2D eigenvalue weighted by molar-refractivity contribution is 5.80. The summed E-state index contributed by atoms with van der Waals surface area (Å²) in [4.78, 5) is 13.7. The summed E-state index contributed by atoms with van der Waals surface area (Å²) in [6, 6.07) is 9.59. The summed E-state index contributed by atoms with van der Waals surface area (Å²) in [5, 5.41) is 9.65. The monoisotopic (exact) mass is 249 g/mol. The third kappa shape index (κ3) is 2.56. The van der Waals surface area contributed by atoms with Gasteiger partial charge in [-0.1, -0.05) is 44.2 Å². The van der Waals surface area contributed by atoms with Crippen molar-refractivity contribution in [3.05, 3.63) is 35.9 Å². The molecule has 1 aromatic carbocycles. The summed E-state index contributed by atoms with van der Waals surface area (Å²) in [6.45, 7) is 8.04. The molecule has 0 radical (unpaired) electrons. The lowest BCUT2D eigenvalue weighted by Gasteiger charge is -2.41. The van der Waals surface area contributed by atoms with E-state index in [9.17, 15) is 9.90 Å². The van der Waals surface area contributed by atoms with Crippen molar-refractivity contribution in [2.45, 2.75) is 39.3 Å². The number of carboxylic acids is 1. The fourth-order valence-electron chi connectivity index (χ4n) is 2.10. The average Bonchev–Trinajstić information content (AvgIpc) is 2.36. The molecule has 0 heterocycles. The minimum atomic E-state index is -0.995. The van der Waals surface area contributed by atoms with Gasteiger partial charge in [-0.2, -0.15) is 0 Å². The number of rotatable bonds is 5. The molecule has 0 saturated heterocycles. The number of hydrogen-bond donors (Lipinski definition) is 1. The van der Waals surface area contributed by atoms with Gasteiger partial charge < -0.3 is 5.11 Å². The van der Waals surface area contributed by atoms with Gasteiger partial charge in [0, 0.05) is 6.04 Å². The molecule has 0 amide bonds. The van der Waals surface area contributed by atoms with Crippen LogP contribution < -0.4 is 0 Å². The van der Waals surface area contributed by atoms with Gasteiger partial charge >= 0.3 is 5.97 Å². The molecule has 0 aromatic heterocycles. The van der Waals surface area contributed by atoms with Gasteiger partial charge in [0.05, 0.1) is 0 Å². The minimum absolute atomic E-state index is 0.186. The Hall–Kier alpha value is -1.35. The van der Waals surface area contributed by atoms with Crippen molar-refractivity contribution >= 4 is 5.97 Å². The van der Waals surface area contributed by atoms with Gasteiger partial charge in [-0.25, -0.2) is 4.79 Å². The molecular formula is C15H23NO2. The summed E-state index contributed by atoms with van der Waals surface area (Å²) in [5.41, 5.74) is -0.183. The van der Waals surface area contributed by atoms with E-state index in [1.54, 1.807) is 6.92 Å². The van der Waals surface area contributed by atoms with E-state index in [0.29, 0.717) is 5.92 Å². The molecule has 0 bridgehead atoms. The normalized spacial score (nSPS) is 16.6. The number of hydrogen-bond acceptors (Lipinski definition) is 2. The second-order valence-electron chi connectivity index (χ2n) is 5.34. The quantitative estimate of drug-likeness (QED) is 0.872. The van der Waals surface area contributed by atoms with Gasteiger partial charge in [0.2, 0.25) is 0 Å². The third-order valence-electron chi connectivity index (χ3n) is 4.03. The van der Waals surface area contributed by atoms with Crippen LogP contribution in [-0.4, -0.2) is 29.1 Å². The Labute approximate surface area is 109 Å². The lowest BCUT2D eigenvalue weighted by Crippen LogP contribution is -2.52. The topological polar surface area (TPSA) is 40.5 Å². The molecule has 3 heteroatoms. The highest BCUT2D eigenvalue weighted by Gasteiger charge is 2.41. The van der Waals surface area contributed by atoms with Crippen molar-refractivity contribution in [3.8, 4) is 0 Å². The molecule has 0 aliphatic carbocycles. The van der Waals surface area contributed by atoms with Crippen LogP contribution in [0.25, 0.3) is 0 Å². The predicted octanol–water partition coefficient (Wildman–Crippen LogP) is 2.96. The van der Waals surface area contributed by atoms with E-state index in [0.717, 1.165) is 5.56 Å². The lowest BCUT2D eigenvalue weighted by molar-refractivity contribution is -0.152. The van der Waals surface area contributed by atoms with Crippen molar-refractivity contribution in [1.82, 2.24) is 4.90 Å². The van der Waals surface area contributed by atoms with Gasteiger partial charge in [-0.05, 0) is 32.4 Å². The van der Waals surface area contributed by atoms with Crippen LogP contribution in [0, 0.1) is 5.92 Å². The van der Waals surface area contributed by atoms with E-state index in [1.165, 1.54) is 0 Å². The van der Waals surface area contributed by atoms with E-state index >= 15 is 0 Å². The fourth-order valence-corrected chi connectivity index (χ4v) is 2.10. The number of aliphatic carboxylic acids is 1. The molecule has 0 saturated carbocycles. The highest BCUT2D eigenvalue weighted by Crippen LogP contribution is 2.30. The summed E-state index contributed by atoms with van der Waals surface area (Å²) in [6.07, 6.45) is 0. The van der Waals surface area contributed by atoms with Crippen molar-refractivity contribution < 1.29 is 9.90 Å². The molecule has 0 aliphatic rings. The maximum atomic E-state index is 11.7. The van der Waals surface area contributed by atoms with Crippen molar-refractivity contribution in [2.75, 3.05) is 7.05 Å². The lowest BCUT2D eigenvalue weighted by atomic mass is 9.87. The van der Waals surface area contributed by atoms with Crippen LogP contribution in [0.1, 0.15) is 33.3 Å². The Balaban J connectivity index is 3.21. The van der Waals surface area contributed by atoms with E-state index in [1.807, 2.05) is 42.3 Å². The van der Waals surface area contributed by atoms with Crippen LogP contribution in [0.2, 0.25) is 0 Å². The molecule has 1 rings (SSSR count). The maximum absolute atomic E-state index is 11.7. The number of carbonyl (C=O) groups is 1. The first-order chi connectivity index (χ1) is 8.31. The molecule has 18 heavy (non-hydrogen) atoms. The Morgan fingerprint density at radius 3 is 2.11 bits per heavy atom. The predicted molar refractivity (Wildman–Crippen MR) is 73.5 cm³/mol. The summed E-state index contributed by atoms with van der Waals surface area (Å²) >= 11 is 0. The first-order valence-corrected chi connectivity index (χ1v) is 6.33. The molecule has 3 nitrogen and oxygen atoms in total. The Kier molecular flexibility index (Phi) is 4.52. The second-order valence-corrected chi connectivity index (χ2v) is 5.34. The van der Waals surface area contributed by atoms with Crippen LogP contribution >= 0.6 is 0 Å². The van der Waals surface area contributed by atoms with Crippen LogP contribution in [0.3, 0.4) is 0 Å². The Morgan fingerprint density at radius 2 is 1.72 bits per heavy atom. The smallest absolute Gasteiger partial charge is 0.328 e. The third-order valence-corrected chi connectivity index (χ3v) is 4.03. The van der Waals surface area contributed by atoms with Crippen molar-refractivity contribution in [3.63, 3.8) is 0 Å². The molecule has 2 atom stereocenters. The second kappa shape index (κ2) is 5.53. The fraction of sp³-hybridized carbons (Fsp3) is 0.533. The Bertz CT molecular complexity index is 402. The highest BCUT2D eigenvalue weighted by atomic mass is 16.4.